The van der Waals surface area contributed by atoms with Gasteiger partial charge in [-0.1, -0.05) is 13.3 Å². The first-order valence-corrected chi connectivity index (χ1v) is 7.32. The molecular weight excluding hydrogens is 246 g/mol. The van der Waals surface area contributed by atoms with E-state index in [1.807, 2.05) is 6.92 Å². The van der Waals surface area contributed by atoms with E-state index in [-0.39, 0.29) is 6.10 Å². The molecule has 0 fully saturated rings. The molecule has 18 heavy (non-hydrogen) atoms. The Hall–Kier alpha value is -0.910. The number of aromatic nitrogens is 2. The maximum Gasteiger partial charge on any atom is 0.194 e. The van der Waals surface area contributed by atoms with Crippen LogP contribution in [0.5, 0.6) is 0 Å². The highest BCUT2D eigenvalue weighted by molar-refractivity contribution is 7.15. The van der Waals surface area contributed by atoms with Crippen LogP contribution in [0.1, 0.15) is 36.8 Å². The molecule has 0 saturated heterocycles. The number of thiazole rings is 1. The Morgan fingerprint density at radius 2 is 2.28 bits per heavy atom. The Balaban J connectivity index is 2.03. The molecule has 0 aromatic carbocycles. The highest BCUT2D eigenvalue weighted by Crippen LogP contribution is 2.20. The fourth-order valence-electron chi connectivity index (χ4n) is 2.17. The molecule has 0 aliphatic carbocycles. The summed E-state index contributed by atoms with van der Waals surface area (Å²) >= 11 is 1.67. The average molecular weight is 267 g/mol. The predicted octanol–water partition coefficient (Wildman–Crippen LogP) is 2.26. The van der Waals surface area contributed by atoms with Gasteiger partial charge >= 0.3 is 0 Å². The Bertz CT molecular complexity index is 518. The van der Waals surface area contributed by atoms with Gasteiger partial charge in [-0.25, -0.2) is 4.98 Å². The Kier molecular flexibility index (Phi) is 4.37. The molecule has 0 bridgehead atoms. The molecule has 4 nitrogen and oxygen atoms in total. The van der Waals surface area contributed by atoms with Gasteiger partial charge < -0.3 is 10.4 Å². The third kappa shape index (κ3) is 2.74. The van der Waals surface area contributed by atoms with Crippen LogP contribution in [0.2, 0.25) is 0 Å². The summed E-state index contributed by atoms with van der Waals surface area (Å²) in [5.41, 5.74) is 3.50. The summed E-state index contributed by atoms with van der Waals surface area (Å²) < 4.78 is 2.19. The van der Waals surface area contributed by atoms with Crippen LogP contribution in [0.3, 0.4) is 0 Å². The third-order valence-corrected chi connectivity index (χ3v) is 4.07. The fourth-order valence-corrected chi connectivity index (χ4v) is 3.10. The number of aryl methyl sites for hydroxylation is 2. The lowest BCUT2D eigenvalue weighted by molar-refractivity contribution is 0.160. The molecule has 0 aliphatic heterocycles. The molecule has 1 atom stereocenters. The van der Waals surface area contributed by atoms with Crippen LogP contribution in [0.25, 0.3) is 4.96 Å². The Morgan fingerprint density at radius 3 is 3.00 bits per heavy atom. The van der Waals surface area contributed by atoms with Crippen molar-refractivity contribution in [3.8, 4) is 0 Å². The molecule has 2 heterocycles. The molecule has 0 amide bonds. The number of aliphatic hydroxyl groups is 1. The van der Waals surface area contributed by atoms with E-state index < -0.39 is 0 Å². The van der Waals surface area contributed by atoms with Crippen LogP contribution in [-0.2, 0) is 6.54 Å². The van der Waals surface area contributed by atoms with E-state index in [4.69, 9.17) is 0 Å². The van der Waals surface area contributed by atoms with E-state index in [0.717, 1.165) is 30.0 Å². The highest BCUT2D eigenvalue weighted by atomic mass is 32.1. The maximum absolute atomic E-state index is 9.69. The van der Waals surface area contributed by atoms with Crippen molar-refractivity contribution in [1.29, 1.82) is 0 Å². The predicted molar refractivity (Wildman–Crippen MR) is 75.2 cm³/mol. The van der Waals surface area contributed by atoms with Gasteiger partial charge in [0, 0.05) is 24.2 Å². The molecule has 0 radical (unpaired) electrons. The molecule has 2 aromatic heterocycles. The Labute approximate surface area is 112 Å². The molecular formula is C13H21N3OS. The number of fused-ring (bicyclic) bond motifs is 1. The van der Waals surface area contributed by atoms with Crippen LogP contribution in [0.4, 0.5) is 0 Å². The number of nitrogens with one attached hydrogen (secondary N) is 1. The van der Waals surface area contributed by atoms with Gasteiger partial charge in [0.1, 0.15) is 0 Å². The van der Waals surface area contributed by atoms with Gasteiger partial charge in [0.05, 0.1) is 17.5 Å². The summed E-state index contributed by atoms with van der Waals surface area (Å²) in [6, 6.07) is 0. The fraction of sp³-hybridized carbons (Fsp3) is 0.615. The molecule has 0 spiro atoms. The van der Waals surface area contributed by atoms with Gasteiger partial charge in [-0.15, -0.1) is 11.3 Å². The lowest BCUT2D eigenvalue weighted by Gasteiger charge is -2.11. The summed E-state index contributed by atoms with van der Waals surface area (Å²) in [5.74, 6) is 0. The zero-order chi connectivity index (χ0) is 13.1. The van der Waals surface area contributed by atoms with Gasteiger partial charge in [-0.3, -0.25) is 4.40 Å². The number of rotatable bonds is 6. The van der Waals surface area contributed by atoms with Crippen molar-refractivity contribution in [3.05, 3.63) is 22.5 Å². The van der Waals surface area contributed by atoms with Gasteiger partial charge in [0.2, 0.25) is 0 Å². The second-order valence-electron chi connectivity index (χ2n) is 4.71. The minimum Gasteiger partial charge on any atom is -0.392 e. The van der Waals surface area contributed by atoms with Gasteiger partial charge in [-0.05, 0) is 20.3 Å². The number of imidazole rings is 1. The third-order valence-electron chi connectivity index (χ3n) is 3.12. The summed E-state index contributed by atoms with van der Waals surface area (Å²) in [6.07, 6.45) is 1.62. The van der Waals surface area contributed by atoms with E-state index in [1.165, 1.54) is 11.4 Å². The summed E-state index contributed by atoms with van der Waals surface area (Å²) in [4.78, 5) is 5.60. The maximum atomic E-state index is 9.69. The second-order valence-corrected chi connectivity index (χ2v) is 5.55. The van der Waals surface area contributed by atoms with Crippen molar-refractivity contribution in [2.24, 2.45) is 0 Å². The summed E-state index contributed by atoms with van der Waals surface area (Å²) in [5, 5.41) is 15.1. The highest BCUT2D eigenvalue weighted by Gasteiger charge is 2.12. The number of hydrogen-bond donors (Lipinski definition) is 2. The van der Waals surface area contributed by atoms with E-state index in [2.05, 4.69) is 33.9 Å². The van der Waals surface area contributed by atoms with Crippen molar-refractivity contribution < 1.29 is 5.11 Å². The van der Waals surface area contributed by atoms with E-state index >= 15 is 0 Å². The smallest absolute Gasteiger partial charge is 0.194 e. The summed E-state index contributed by atoms with van der Waals surface area (Å²) in [7, 11) is 0. The SMILES string of the molecule is CCCC(O)CNCc1c(C)nc2scc(C)n12. The zero-order valence-corrected chi connectivity index (χ0v) is 12.0. The zero-order valence-electron chi connectivity index (χ0n) is 11.2. The van der Waals surface area contributed by atoms with Gasteiger partial charge in [0.15, 0.2) is 4.96 Å². The first-order valence-electron chi connectivity index (χ1n) is 6.44. The molecule has 0 aliphatic rings. The monoisotopic (exact) mass is 267 g/mol. The van der Waals surface area contributed by atoms with Crippen molar-refractivity contribution in [1.82, 2.24) is 14.7 Å². The molecule has 100 valence electrons. The number of hydrogen-bond acceptors (Lipinski definition) is 4. The Morgan fingerprint density at radius 1 is 1.50 bits per heavy atom. The van der Waals surface area contributed by atoms with Crippen LogP contribution < -0.4 is 5.32 Å². The van der Waals surface area contributed by atoms with E-state index in [9.17, 15) is 5.11 Å². The van der Waals surface area contributed by atoms with Crippen molar-refractivity contribution in [3.63, 3.8) is 0 Å². The second kappa shape index (κ2) is 5.82. The minimum atomic E-state index is -0.248. The molecule has 5 heteroatoms. The quantitative estimate of drug-likeness (QED) is 0.844. The van der Waals surface area contributed by atoms with Crippen LogP contribution in [-0.4, -0.2) is 27.1 Å². The molecule has 0 saturated carbocycles. The standard InChI is InChI=1S/C13H21N3OS/c1-4-5-11(17)6-14-7-12-10(3)15-13-16(12)9(2)8-18-13/h8,11,14,17H,4-7H2,1-3H3. The molecule has 2 aromatic rings. The van der Waals surface area contributed by atoms with Gasteiger partial charge in [-0.2, -0.15) is 0 Å². The largest absolute Gasteiger partial charge is 0.392 e. The van der Waals surface area contributed by atoms with Crippen molar-refractivity contribution in [2.75, 3.05) is 6.54 Å². The average Bonchev–Trinajstić information content (AvgIpc) is 2.81. The number of nitrogens with zero attached hydrogens (tertiary/aromatic N) is 2. The molecule has 2 rings (SSSR count). The first-order chi connectivity index (χ1) is 8.63. The van der Waals surface area contributed by atoms with Crippen molar-refractivity contribution in [2.45, 2.75) is 46.3 Å². The van der Waals surface area contributed by atoms with E-state index in [0.29, 0.717) is 6.54 Å². The molecule has 1 unspecified atom stereocenters. The van der Waals surface area contributed by atoms with Crippen LogP contribution in [0.15, 0.2) is 5.38 Å². The first kappa shape index (κ1) is 13.5. The van der Waals surface area contributed by atoms with Crippen LogP contribution in [0, 0.1) is 13.8 Å². The number of aliphatic hydroxyl groups excluding tert-OH is 1. The van der Waals surface area contributed by atoms with Crippen molar-refractivity contribution >= 4 is 16.3 Å². The normalized spacial score (nSPS) is 13.3. The lowest BCUT2D eigenvalue weighted by Crippen LogP contribution is -2.27. The van der Waals surface area contributed by atoms with Crippen LogP contribution >= 0.6 is 11.3 Å². The van der Waals surface area contributed by atoms with Gasteiger partial charge in [0.25, 0.3) is 0 Å². The lowest BCUT2D eigenvalue weighted by atomic mass is 10.2. The summed E-state index contributed by atoms with van der Waals surface area (Å²) in [6.45, 7) is 7.62. The molecule has 2 N–H and O–H groups in total. The minimum absolute atomic E-state index is 0.248. The van der Waals surface area contributed by atoms with E-state index in [1.54, 1.807) is 11.3 Å². The topological polar surface area (TPSA) is 49.6 Å².